The second-order valence-electron chi connectivity index (χ2n) is 3.30. The number of hydrogen-bond acceptors (Lipinski definition) is 1. The van der Waals surface area contributed by atoms with Gasteiger partial charge in [0.05, 0.1) is 0 Å². The van der Waals surface area contributed by atoms with Crippen LogP contribution in [0.4, 0.5) is 5.69 Å². The summed E-state index contributed by atoms with van der Waals surface area (Å²) in [6.07, 6.45) is 1.15. The third-order valence-electron chi connectivity index (χ3n) is 2.35. The molecule has 0 N–H and O–H groups in total. The molecule has 1 aromatic rings. The molecule has 1 heterocycles. The molecule has 1 heteroatoms. The number of aryl methyl sites for hydroxylation is 1. The molecule has 0 bridgehead atoms. The molecule has 0 spiro atoms. The largest absolute Gasteiger partial charge is 0.345 e. The third kappa shape index (κ3) is 1.11. The van der Waals surface area contributed by atoms with Gasteiger partial charge >= 0.3 is 0 Å². The van der Waals surface area contributed by atoms with E-state index in [4.69, 9.17) is 0 Å². The highest BCUT2D eigenvalue weighted by Gasteiger charge is 2.18. The first kappa shape index (κ1) is 7.41. The van der Waals surface area contributed by atoms with Crippen molar-refractivity contribution in [3.05, 3.63) is 42.1 Å². The molecule has 0 atom stereocenters. The van der Waals surface area contributed by atoms with Gasteiger partial charge in [0.1, 0.15) is 0 Å². The van der Waals surface area contributed by atoms with E-state index in [-0.39, 0.29) is 0 Å². The Morgan fingerprint density at radius 1 is 1.25 bits per heavy atom. The van der Waals surface area contributed by atoms with Crippen LogP contribution in [0.15, 0.2) is 36.5 Å². The van der Waals surface area contributed by atoms with Crippen molar-refractivity contribution in [3.63, 3.8) is 0 Å². The van der Waals surface area contributed by atoms with Crippen molar-refractivity contribution in [2.75, 3.05) is 11.4 Å². The molecule has 2 rings (SSSR count). The molecule has 1 aliphatic rings. The zero-order valence-corrected chi connectivity index (χ0v) is 7.38. The lowest BCUT2D eigenvalue weighted by Gasteiger charge is -2.35. The zero-order valence-electron chi connectivity index (χ0n) is 7.38. The van der Waals surface area contributed by atoms with Gasteiger partial charge in [-0.05, 0) is 19.1 Å². The lowest BCUT2D eigenvalue weighted by Crippen LogP contribution is -2.33. The topological polar surface area (TPSA) is 3.24 Å². The lowest BCUT2D eigenvalue weighted by molar-refractivity contribution is 0.727. The van der Waals surface area contributed by atoms with Crippen LogP contribution in [0.5, 0.6) is 0 Å². The Hall–Kier alpha value is -1.24. The van der Waals surface area contributed by atoms with E-state index in [9.17, 15) is 0 Å². The molecule has 1 aliphatic heterocycles. The van der Waals surface area contributed by atoms with Crippen molar-refractivity contribution in [2.24, 2.45) is 0 Å². The fourth-order valence-corrected chi connectivity index (χ4v) is 1.42. The first-order chi connectivity index (χ1) is 5.77. The first-order valence-electron chi connectivity index (χ1n) is 4.29. The summed E-state index contributed by atoms with van der Waals surface area (Å²) < 4.78 is 0. The second kappa shape index (κ2) is 2.67. The summed E-state index contributed by atoms with van der Waals surface area (Å²) in [6, 6.07) is 8.58. The summed E-state index contributed by atoms with van der Waals surface area (Å²) in [4.78, 5) is 2.25. The Bertz CT molecular complexity index is 297. The van der Waals surface area contributed by atoms with Gasteiger partial charge < -0.3 is 4.90 Å². The van der Waals surface area contributed by atoms with Crippen LogP contribution in [-0.2, 0) is 0 Å². The molecule has 1 nitrogen and oxygen atoms in total. The molecule has 1 fully saturated rings. The summed E-state index contributed by atoms with van der Waals surface area (Å²) in [7, 11) is 0. The maximum absolute atomic E-state index is 3.97. The quantitative estimate of drug-likeness (QED) is 0.609. The van der Waals surface area contributed by atoms with Crippen molar-refractivity contribution < 1.29 is 0 Å². The van der Waals surface area contributed by atoms with Gasteiger partial charge in [0.25, 0.3) is 0 Å². The Morgan fingerprint density at radius 3 is 2.33 bits per heavy atom. The lowest BCUT2D eigenvalue weighted by atomic mass is 10.1. The molecule has 0 unspecified atom stereocenters. The maximum atomic E-state index is 3.97. The van der Waals surface area contributed by atoms with Gasteiger partial charge in [0.15, 0.2) is 0 Å². The van der Waals surface area contributed by atoms with E-state index >= 15 is 0 Å². The highest BCUT2D eigenvalue weighted by Crippen LogP contribution is 2.27. The Balaban J connectivity index is 2.23. The smallest absolute Gasteiger partial charge is 0.0408 e. The SMILES string of the molecule is C=C1CCN1c1ccc(C)cc1. The molecule has 0 aliphatic carbocycles. The number of anilines is 1. The van der Waals surface area contributed by atoms with Gasteiger partial charge in [-0.3, -0.25) is 0 Å². The van der Waals surface area contributed by atoms with E-state index in [0.717, 1.165) is 13.0 Å². The van der Waals surface area contributed by atoms with E-state index in [1.807, 2.05) is 0 Å². The van der Waals surface area contributed by atoms with Crippen LogP contribution in [0.3, 0.4) is 0 Å². The Labute approximate surface area is 73.3 Å². The number of benzene rings is 1. The average molecular weight is 159 g/mol. The van der Waals surface area contributed by atoms with Gasteiger partial charge in [-0.25, -0.2) is 0 Å². The van der Waals surface area contributed by atoms with Crippen LogP contribution in [0.25, 0.3) is 0 Å². The summed E-state index contributed by atoms with van der Waals surface area (Å²) in [5.41, 5.74) is 3.82. The predicted molar refractivity (Wildman–Crippen MR) is 52.3 cm³/mol. The molecule has 1 aromatic carbocycles. The minimum absolute atomic E-state index is 1.13. The van der Waals surface area contributed by atoms with Gasteiger partial charge in [-0.15, -0.1) is 0 Å². The van der Waals surface area contributed by atoms with E-state index in [1.54, 1.807) is 0 Å². The van der Waals surface area contributed by atoms with Gasteiger partial charge in [-0.1, -0.05) is 24.3 Å². The fourth-order valence-electron chi connectivity index (χ4n) is 1.42. The monoisotopic (exact) mass is 159 g/mol. The van der Waals surface area contributed by atoms with E-state index in [1.165, 1.54) is 16.9 Å². The van der Waals surface area contributed by atoms with Gasteiger partial charge in [0, 0.05) is 24.4 Å². The zero-order chi connectivity index (χ0) is 8.55. The molecule has 0 amide bonds. The number of nitrogens with zero attached hydrogens (tertiary/aromatic N) is 1. The van der Waals surface area contributed by atoms with Crippen LogP contribution in [0, 0.1) is 6.92 Å². The van der Waals surface area contributed by atoms with Gasteiger partial charge in [-0.2, -0.15) is 0 Å². The number of rotatable bonds is 1. The summed E-state index contributed by atoms with van der Waals surface area (Å²) in [5.74, 6) is 0. The molecule has 1 saturated heterocycles. The molecular weight excluding hydrogens is 146 g/mol. The Kier molecular flexibility index (Phi) is 1.65. The van der Waals surface area contributed by atoms with Crippen molar-refractivity contribution in [2.45, 2.75) is 13.3 Å². The van der Waals surface area contributed by atoms with E-state index in [0.29, 0.717) is 0 Å². The molecule has 0 saturated carbocycles. The maximum Gasteiger partial charge on any atom is 0.0408 e. The second-order valence-corrected chi connectivity index (χ2v) is 3.30. The van der Waals surface area contributed by atoms with Crippen molar-refractivity contribution in [3.8, 4) is 0 Å². The van der Waals surface area contributed by atoms with Crippen molar-refractivity contribution >= 4 is 5.69 Å². The average Bonchev–Trinajstić information content (AvgIpc) is 2.06. The summed E-state index contributed by atoms with van der Waals surface area (Å²) in [6.45, 7) is 7.20. The third-order valence-corrected chi connectivity index (χ3v) is 2.35. The highest BCUT2D eigenvalue weighted by atomic mass is 15.2. The highest BCUT2D eigenvalue weighted by molar-refractivity contribution is 5.55. The first-order valence-corrected chi connectivity index (χ1v) is 4.29. The van der Waals surface area contributed by atoms with Crippen molar-refractivity contribution in [1.29, 1.82) is 0 Å². The standard InChI is InChI=1S/C11H13N/c1-9-3-5-11(6-4-9)12-8-7-10(12)2/h3-6H,2,7-8H2,1H3. The van der Waals surface area contributed by atoms with E-state index < -0.39 is 0 Å². The van der Waals surface area contributed by atoms with E-state index in [2.05, 4.69) is 42.7 Å². The van der Waals surface area contributed by atoms with Crippen molar-refractivity contribution in [1.82, 2.24) is 0 Å². The van der Waals surface area contributed by atoms with Crippen LogP contribution in [0.2, 0.25) is 0 Å². The fraction of sp³-hybridized carbons (Fsp3) is 0.273. The molecule has 62 valence electrons. The summed E-state index contributed by atoms with van der Waals surface area (Å²) >= 11 is 0. The van der Waals surface area contributed by atoms with Crippen LogP contribution in [0.1, 0.15) is 12.0 Å². The normalized spacial score (nSPS) is 16.1. The van der Waals surface area contributed by atoms with Crippen LogP contribution in [-0.4, -0.2) is 6.54 Å². The molecule has 0 radical (unpaired) electrons. The summed E-state index contributed by atoms with van der Waals surface area (Å²) in [5, 5.41) is 0. The minimum atomic E-state index is 1.13. The Morgan fingerprint density at radius 2 is 1.92 bits per heavy atom. The minimum Gasteiger partial charge on any atom is -0.345 e. The molecule has 0 aromatic heterocycles. The number of hydrogen-bond donors (Lipinski definition) is 0. The molecular formula is C11H13N. The van der Waals surface area contributed by atoms with Gasteiger partial charge in [0.2, 0.25) is 0 Å². The van der Waals surface area contributed by atoms with Crippen LogP contribution < -0.4 is 4.90 Å². The predicted octanol–water partition coefficient (Wildman–Crippen LogP) is 2.72. The molecule has 12 heavy (non-hydrogen) atoms. The van der Waals surface area contributed by atoms with Crippen LogP contribution >= 0.6 is 0 Å².